The summed E-state index contributed by atoms with van der Waals surface area (Å²) < 4.78 is 24.8. The molecule has 5 heteroatoms. The van der Waals surface area contributed by atoms with Crippen molar-refractivity contribution in [1.82, 2.24) is 0 Å². The van der Waals surface area contributed by atoms with E-state index in [0.717, 1.165) is 4.47 Å². The number of halogens is 1. The summed E-state index contributed by atoms with van der Waals surface area (Å²) in [6, 6.07) is 6.29. The van der Waals surface area contributed by atoms with Gasteiger partial charge in [0.25, 0.3) is 0 Å². The molecule has 90 valence electrons. The van der Waals surface area contributed by atoms with E-state index in [0.29, 0.717) is 4.90 Å². The van der Waals surface area contributed by atoms with Gasteiger partial charge in [-0.25, -0.2) is 8.42 Å². The summed E-state index contributed by atoms with van der Waals surface area (Å²) in [5.41, 5.74) is 5.78. The summed E-state index contributed by atoms with van der Waals surface area (Å²) in [5, 5.41) is 0. The van der Waals surface area contributed by atoms with Crippen molar-refractivity contribution in [3.8, 4) is 0 Å². The molecule has 3 nitrogen and oxygen atoms in total. The van der Waals surface area contributed by atoms with Crippen LogP contribution in [-0.4, -0.2) is 20.2 Å². The van der Waals surface area contributed by atoms with Crippen molar-refractivity contribution < 1.29 is 8.42 Å². The minimum atomic E-state index is -3.27. The van der Waals surface area contributed by atoms with E-state index in [1.807, 2.05) is 13.8 Å². The van der Waals surface area contributed by atoms with Crippen LogP contribution in [0.1, 0.15) is 13.8 Å². The number of benzene rings is 1. The summed E-state index contributed by atoms with van der Waals surface area (Å²) in [7, 11) is -3.27. The Labute approximate surface area is 105 Å². The van der Waals surface area contributed by atoms with Crippen molar-refractivity contribution in [1.29, 1.82) is 0 Å². The zero-order valence-electron chi connectivity index (χ0n) is 9.35. The summed E-state index contributed by atoms with van der Waals surface area (Å²) in [4.78, 5) is 0.326. The van der Waals surface area contributed by atoms with Crippen molar-refractivity contribution in [3.63, 3.8) is 0 Å². The Kier molecular flexibility index (Phi) is 4.52. The molecule has 0 aliphatic rings. The van der Waals surface area contributed by atoms with E-state index in [2.05, 4.69) is 15.9 Å². The van der Waals surface area contributed by atoms with Crippen LogP contribution in [0.3, 0.4) is 0 Å². The van der Waals surface area contributed by atoms with Crippen LogP contribution in [0, 0.1) is 5.92 Å². The van der Waals surface area contributed by atoms with Gasteiger partial charge in [0.05, 0.1) is 10.6 Å². The van der Waals surface area contributed by atoms with Crippen molar-refractivity contribution in [2.24, 2.45) is 11.7 Å². The molecule has 0 radical (unpaired) electrons. The highest BCUT2D eigenvalue weighted by Gasteiger charge is 2.20. The SMILES string of the molecule is CC(C)C(N)CS(=O)(=O)c1ccc(Br)cc1. The van der Waals surface area contributed by atoms with E-state index in [-0.39, 0.29) is 17.7 Å². The van der Waals surface area contributed by atoms with Crippen LogP contribution in [0.4, 0.5) is 0 Å². The van der Waals surface area contributed by atoms with Crippen LogP contribution in [0.5, 0.6) is 0 Å². The highest BCUT2D eigenvalue weighted by molar-refractivity contribution is 9.10. The van der Waals surface area contributed by atoms with Gasteiger partial charge in [-0.2, -0.15) is 0 Å². The van der Waals surface area contributed by atoms with Crippen LogP contribution in [0.15, 0.2) is 33.6 Å². The fraction of sp³-hybridized carbons (Fsp3) is 0.455. The summed E-state index contributed by atoms with van der Waals surface area (Å²) in [5.74, 6) is 0.150. The number of nitrogens with two attached hydrogens (primary N) is 1. The second-order valence-electron chi connectivity index (χ2n) is 4.14. The Bertz CT molecular complexity index is 440. The third kappa shape index (κ3) is 3.57. The lowest BCUT2D eigenvalue weighted by Gasteiger charge is -2.15. The maximum absolute atomic E-state index is 12.0. The maximum atomic E-state index is 12.0. The van der Waals surface area contributed by atoms with Crippen LogP contribution in [0.25, 0.3) is 0 Å². The van der Waals surface area contributed by atoms with Gasteiger partial charge in [0, 0.05) is 10.5 Å². The van der Waals surface area contributed by atoms with E-state index < -0.39 is 9.84 Å². The van der Waals surface area contributed by atoms with Gasteiger partial charge in [-0.15, -0.1) is 0 Å². The van der Waals surface area contributed by atoms with E-state index in [9.17, 15) is 8.42 Å². The number of sulfone groups is 1. The van der Waals surface area contributed by atoms with E-state index in [1.54, 1.807) is 24.3 Å². The monoisotopic (exact) mass is 305 g/mol. The third-order valence-electron chi connectivity index (χ3n) is 2.44. The zero-order valence-corrected chi connectivity index (χ0v) is 11.8. The normalized spacial score (nSPS) is 14.1. The molecule has 0 fully saturated rings. The molecule has 1 aromatic rings. The number of hydrogen-bond donors (Lipinski definition) is 1. The van der Waals surface area contributed by atoms with Crippen molar-refractivity contribution in [3.05, 3.63) is 28.7 Å². The highest BCUT2D eigenvalue weighted by atomic mass is 79.9. The Morgan fingerprint density at radius 1 is 1.25 bits per heavy atom. The zero-order chi connectivity index (χ0) is 12.3. The molecule has 16 heavy (non-hydrogen) atoms. The quantitative estimate of drug-likeness (QED) is 0.928. The standard InChI is InChI=1S/C11H16BrNO2S/c1-8(2)11(13)7-16(14,15)10-5-3-9(12)4-6-10/h3-6,8,11H,7,13H2,1-2H3. The molecule has 0 aromatic heterocycles. The third-order valence-corrected chi connectivity index (χ3v) is 4.78. The first-order chi connectivity index (χ1) is 7.33. The molecule has 1 unspecified atom stereocenters. The molecular formula is C11H16BrNO2S. The second kappa shape index (κ2) is 5.29. The number of hydrogen-bond acceptors (Lipinski definition) is 3. The average Bonchev–Trinajstić information content (AvgIpc) is 2.17. The lowest BCUT2D eigenvalue weighted by molar-refractivity contribution is 0.516. The lowest BCUT2D eigenvalue weighted by atomic mass is 10.1. The second-order valence-corrected chi connectivity index (χ2v) is 7.09. The first-order valence-electron chi connectivity index (χ1n) is 5.07. The Balaban J connectivity index is 2.90. The first kappa shape index (κ1) is 13.7. The largest absolute Gasteiger partial charge is 0.327 e. The van der Waals surface area contributed by atoms with Crippen LogP contribution in [0.2, 0.25) is 0 Å². The van der Waals surface area contributed by atoms with E-state index in [1.165, 1.54) is 0 Å². The molecule has 1 aromatic carbocycles. The van der Waals surface area contributed by atoms with Gasteiger partial charge in [0.1, 0.15) is 0 Å². The average molecular weight is 306 g/mol. The van der Waals surface area contributed by atoms with Gasteiger partial charge in [0.15, 0.2) is 9.84 Å². The van der Waals surface area contributed by atoms with Crippen LogP contribution in [-0.2, 0) is 9.84 Å². The summed E-state index contributed by atoms with van der Waals surface area (Å²) >= 11 is 3.27. The van der Waals surface area contributed by atoms with Gasteiger partial charge in [-0.3, -0.25) is 0 Å². The van der Waals surface area contributed by atoms with Gasteiger partial charge < -0.3 is 5.73 Å². The minimum absolute atomic E-state index is 0.00764. The Morgan fingerprint density at radius 2 is 1.75 bits per heavy atom. The molecule has 1 rings (SSSR count). The van der Waals surface area contributed by atoms with Crippen molar-refractivity contribution in [2.45, 2.75) is 24.8 Å². The molecule has 0 aliphatic heterocycles. The topological polar surface area (TPSA) is 60.2 Å². The molecule has 0 amide bonds. The smallest absolute Gasteiger partial charge is 0.179 e. The maximum Gasteiger partial charge on any atom is 0.179 e. The van der Waals surface area contributed by atoms with Gasteiger partial charge in [-0.05, 0) is 30.2 Å². The predicted molar refractivity (Wildman–Crippen MR) is 69.0 cm³/mol. The van der Waals surface area contributed by atoms with Gasteiger partial charge in [-0.1, -0.05) is 29.8 Å². The van der Waals surface area contributed by atoms with E-state index in [4.69, 9.17) is 5.73 Å². The van der Waals surface area contributed by atoms with E-state index >= 15 is 0 Å². The van der Waals surface area contributed by atoms with Crippen LogP contribution < -0.4 is 5.73 Å². The Hall–Kier alpha value is -0.390. The summed E-state index contributed by atoms with van der Waals surface area (Å²) in [6.45, 7) is 3.84. The fourth-order valence-corrected chi connectivity index (χ4v) is 3.08. The fourth-order valence-electron chi connectivity index (χ4n) is 1.18. The highest BCUT2D eigenvalue weighted by Crippen LogP contribution is 2.17. The molecule has 0 saturated carbocycles. The van der Waals surface area contributed by atoms with Crippen molar-refractivity contribution in [2.75, 3.05) is 5.75 Å². The minimum Gasteiger partial charge on any atom is -0.327 e. The molecule has 0 bridgehead atoms. The van der Waals surface area contributed by atoms with Crippen LogP contribution >= 0.6 is 15.9 Å². The lowest BCUT2D eigenvalue weighted by Crippen LogP contribution is -2.34. The van der Waals surface area contributed by atoms with Crippen molar-refractivity contribution >= 4 is 25.8 Å². The predicted octanol–water partition coefficient (Wildman–Crippen LogP) is 2.21. The Morgan fingerprint density at radius 3 is 2.19 bits per heavy atom. The molecule has 0 saturated heterocycles. The first-order valence-corrected chi connectivity index (χ1v) is 7.51. The summed E-state index contributed by atoms with van der Waals surface area (Å²) in [6.07, 6.45) is 0. The molecule has 2 N–H and O–H groups in total. The molecule has 0 heterocycles. The molecular weight excluding hydrogens is 290 g/mol. The molecule has 0 spiro atoms. The van der Waals surface area contributed by atoms with Gasteiger partial charge in [0.2, 0.25) is 0 Å². The molecule has 0 aliphatic carbocycles. The number of rotatable bonds is 4. The molecule has 1 atom stereocenters. The van der Waals surface area contributed by atoms with Gasteiger partial charge >= 0.3 is 0 Å².